The topological polar surface area (TPSA) is 80.6 Å². The van der Waals surface area contributed by atoms with E-state index < -0.39 is 0 Å². The number of rotatable bonds is 5. The number of hydrogen-bond acceptors (Lipinski definition) is 5. The van der Waals surface area contributed by atoms with Crippen molar-refractivity contribution >= 4 is 11.6 Å². The molecular weight excluding hydrogens is 320 g/mol. The van der Waals surface area contributed by atoms with Gasteiger partial charge in [-0.25, -0.2) is 0 Å². The van der Waals surface area contributed by atoms with Crippen LogP contribution in [0.4, 0.5) is 5.69 Å². The van der Waals surface area contributed by atoms with Crippen molar-refractivity contribution in [3.8, 4) is 23.3 Å². The van der Waals surface area contributed by atoms with Crippen molar-refractivity contribution in [2.24, 2.45) is 5.92 Å². The summed E-state index contributed by atoms with van der Waals surface area (Å²) in [5.41, 5.74) is 1.20. The largest absolute Gasteiger partial charge is 0.493 e. The van der Waals surface area contributed by atoms with Gasteiger partial charge in [-0.2, -0.15) is 5.26 Å². The maximum absolute atomic E-state index is 12.1. The molecule has 128 valence electrons. The molecular formula is C19H18N2O4. The second kappa shape index (κ2) is 7.69. The molecule has 0 aliphatic carbocycles. The van der Waals surface area contributed by atoms with Crippen molar-refractivity contribution in [2.75, 3.05) is 25.6 Å². The van der Waals surface area contributed by atoms with Crippen LogP contribution in [0.3, 0.4) is 0 Å². The number of hydrogen-bond donors (Lipinski definition) is 1. The number of amides is 1. The molecule has 6 nitrogen and oxygen atoms in total. The summed E-state index contributed by atoms with van der Waals surface area (Å²) in [6, 6.07) is 14.1. The highest BCUT2D eigenvalue weighted by Crippen LogP contribution is 2.32. The van der Waals surface area contributed by atoms with Crippen molar-refractivity contribution in [2.45, 2.75) is 6.42 Å². The van der Waals surface area contributed by atoms with Gasteiger partial charge in [0.15, 0.2) is 11.5 Å². The molecule has 0 spiro atoms. The van der Waals surface area contributed by atoms with E-state index in [-0.39, 0.29) is 11.8 Å². The molecule has 3 rings (SSSR count). The van der Waals surface area contributed by atoms with Gasteiger partial charge in [0.2, 0.25) is 5.91 Å². The summed E-state index contributed by atoms with van der Waals surface area (Å²) in [4.78, 5) is 12.1. The average molecular weight is 338 g/mol. The molecule has 1 heterocycles. The van der Waals surface area contributed by atoms with Crippen LogP contribution in [0.15, 0.2) is 42.5 Å². The third-order valence-corrected chi connectivity index (χ3v) is 3.94. The predicted octanol–water partition coefficient (Wildman–Crippen LogP) is 3.33. The summed E-state index contributed by atoms with van der Waals surface area (Å²) in [6.45, 7) is 1.11. The van der Waals surface area contributed by atoms with E-state index in [1.54, 1.807) is 42.5 Å². The van der Waals surface area contributed by atoms with Crippen molar-refractivity contribution in [1.82, 2.24) is 0 Å². The van der Waals surface area contributed by atoms with E-state index in [0.717, 1.165) is 6.42 Å². The van der Waals surface area contributed by atoms with Gasteiger partial charge in [0.05, 0.1) is 31.3 Å². The summed E-state index contributed by atoms with van der Waals surface area (Å²) >= 11 is 0. The third kappa shape index (κ3) is 4.08. The first-order valence-electron chi connectivity index (χ1n) is 7.94. The first-order chi connectivity index (χ1) is 12.2. The van der Waals surface area contributed by atoms with Gasteiger partial charge >= 0.3 is 0 Å². The van der Waals surface area contributed by atoms with Crippen LogP contribution in [0.1, 0.15) is 12.0 Å². The number of ether oxygens (including phenoxy) is 3. The Balaban J connectivity index is 1.66. The zero-order chi connectivity index (χ0) is 17.6. The number of carbonyl (C=O) groups is 1. The number of anilines is 1. The zero-order valence-electron chi connectivity index (χ0n) is 13.8. The number of methoxy groups -OCH3 is 1. The minimum absolute atomic E-state index is 0.0278. The highest BCUT2D eigenvalue weighted by molar-refractivity contribution is 5.92. The molecule has 1 amide bonds. The second-order valence-electron chi connectivity index (χ2n) is 5.65. The Labute approximate surface area is 145 Å². The van der Waals surface area contributed by atoms with Gasteiger partial charge in [0.1, 0.15) is 5.75 Å². The van der Waals surface area contributed by atoms with Crippen LogP contribution in [0.5, 0.6) is 17.2 Å². The lowest BCUT2D eigenvalue weighted by atomic mass is 10.1. The molecule has 1 atom stereocenters. The molecule has 0 aromatic heterocycles. The highest BCUT2D eigenvalue weighted by atomic mass is 16.5. The van der Waals surface area contributed by atoms with Gasteiger partial charge in [-0.3, -0.25) is 4.79 Å². The fourth-order valence-corrected chi connectivity index (χ4v) is 2.54. The SMILES string of the molecule is COc1cc(C#N)ccc1Oc1ccc(NC(=O)[C@H]2CCOC2)cc1. The van der Waals surface area contributed by atoms with Crippen molar-refractivity contribution in [3.05, 3.63) is 48.0 Å². The fourth-order valence-electron chi connectivity index (χ4n) is 2.54. The first-order valence-corrected chi connectivity index (χ1v) is 7.94. The number of carbonyl (C=O) groups excluding carboxylic acids is 1. The number of nitriles is 1. The van der Waals surface area contributed by atoms with Crippen molar-refractivity contribution in [3.63, 3.8) is 0 Å². The standard InChI is InChI=1S/C19H18N2O4/c1-23-18-10-13(11-20)2-7-17(18)25-16-5-3-15(4-6-16)21-19(22)14-8-9-24-12-14/h2-7,10,14H,8-9,12H2,1H3,(H,21,22)/t14-/m0/s1. The van der Waals surface area contributed by atoms with E-state index in [1.807, 2.05) is 0 Å². The van der Waals surface area contributed by atoms with Gasteiger partial charge in [-0.1, -0.05) is 0 Å². The Morgan fingerprint density at radius 2 is 2.04 bits per heavy atom. The molecule has 1 saturated heterocycles. The monoisotopic (exact) mass is 338 g/mol. The average Bonchev–Trinajstić information content (AvgIpc) is 3.18. The quantitative estimate of drug-likeness (QED) is 0.904. The van der Waals surface area contributed by atoms with E-state index in [1.165, 1.54) is 7.11 Å². The number of benzene rings is 2. The number of nitrogens with zero attached hydrogens (tertiary/aromatic N) is 1. The Kier molecular flexibility index (Phi) is 5.17. The fraction of sp³-hybridized carbons (Fsp3) is 0.263. The Bertz CT molecular complexity index is 790. The van der Waals surface area contributed by atoms with E-state index in [0.29, 0.717) is 41.7 Å². The molecule has 0 saturated carbocycles. The molecule has 25 heavy (non-hydrogen) atoms. The van der Waals surface area contributed by atoms with Gasteiger partial charge < -0.3 is 19.5 Å². The van der Waals surface area contributed by atoms with Crippen LogP contribution >= 0.6 is 0 Å². The first kappa shape index (κ1) is 16.8. The van der Waals surface area contributed by atoms with Gasteiger partial charge in [0.25, 0.3) is 0 Å². The summed E-state index contributed by atoms with van der Waals surface area (Å²) in [6.07, 6.45) is 0.755. The lowest BCUT2D eigenvalue weighted by Gasteiger charge is -2.12. The summed E-state index contributed by atoms with van der Waals surface area (Å²) < 4.78 is 16.3. The molecule has 1 aliphatic rings. The van der Waals surface area contributed by atoms with Crippen molar-refractivity contribution in [1.29, 1.82) is 5.26 Å². The Morgan fingerprint density at radius 1 is 1.24 bits per heavy atom. The normalized spacial score (nSPS) is 16.1. The maximum Gasteiger partial charge on any atom is 0.229 e. The minimum atomic E-state index is -0.0844. The molecule has 6 heteroatoms. The van der Waals surface area contributed by atoms with E-state index in [2.05, 4.69) is 11.4 Å². The van der Waals surface area contributed by atoms with Crippen LogP contribution in [0.25, 0.3) is 0 Å². The molecule has 1 N–H and O–H groups in total. The minimum Gasteiger partial charge on any atom is -0.493 e. The lowest BCUT2D eigenvalue weighted by molar-refractivity contribution is -0.119. The van der Waals surface area contributed by atoms with Crippen molar-refractivity contribution < 1.29 is 19.0 Å². The number of nitrogens with one attached hydrogen (secondary N) is 1. The Morgan fingerprint density at radius 3 is 2.68 bits per heavy atom. The third-order valence-electron chi connectivity index (χ3n) is 3.94. The smallest absolute Gasteiger partial charge is 0.229 e. The summed E-state index contributed by atoms with van der Waals surface area (Å²) in [5.74, 6) is 1.49. The van der Waals surface area contributed by atoms with E-state index in [4.69, 9.17) is 19.5 Å². The van der Waals surface area contributed by atoms with Crippen LogP contribution in [-0.2, 0) is 9.53 Å². The van der Waals surface area contributed by atoms with Gasteiger partial charge in [0, 0.05) is 18.4 Å². The lowest BCUT2D eigenvalue weighted by Crippen LogP contribution is -2.22. The van der Waals surface area contributed by atoms with Crippen LogP contribution in [-0.4, -0.2) is 26.2 Å². The molecule has 2 aromatic rings. The van der Waals surface area contributed by atoms with Crippen LogP contribution in [0, 0.1) is 17.2 Å². The highest BCUT2D eigenvalue weighted by Gasteiger charge is 2.23. The predicted molar refractivity (Wildman–Crippen MR) is 91.8 cm³/mol. The summed E-state index contributed by atoms with van der Waals surface area (Å²) in [7, 11) is 1.52. The molecule has 0 radical (unpaired) electrons. The van der Waals surface area contributed by atoms with Gasteiger partial charge in [-0.15, -0.1) is 0 Å². The molecule has 0 bridgehead atoms. The van der Waals surface area contributed by atoms with Crippen LogP contribution in [0.2, 0.25) is 0 Å². The second-order valence-corrected chi connectivity index (χ2v) is 5.65. The maximum atomic E-state index is 12.1. The van der Waals surface area contributed by atoms with Crippen LogP contribution < -0.4 is 14.8 Å². The molecule has 1 aliphatic heterocycles. The summed E-state index contributed by atoms with van der Waals surface area (Å²) in [5, 5.41) is 11.8. The zero-order valence-corrected chi connectivity index (χ0v) is 13.8. The Hall–Kier alpha value is -3.04. The van der Waals surface area contributed by atoms with E-state index >= 15 is 0 Å². The molecule has 1 fully saturated rings. The van der Waals surface area contributed by atoms with Gasteiger partial charge in [-0.05, 0) is 42.8 Å². The molecule has 0 unspecified atom stereocenters. The van der Waals surface area contributed by atoms with E-state index in [9.17, 15) is 4.79 Å². The molecule has 2 aromatic carbocycles.